The minimum atomic E-state index is -1.12. The summed E-state index contributed by atoms with van der Waals surface area (Å²) >= 11 is -1.12. The second kappa shape index (κ2) is 5.90. The van der Waals surface area contributed by atoms with Gasteiger partial charge < -0.3 is 14.6 Å². The third-order valence-electron chi connectivity index (χ3n) is 3.44. The minimum absolute atomic E-state index is 0.181. The second-order valence-electron chi connectivity index (χ2n) is 5.02. The molecule has 0 aliphatic heterocycles. The van der Waals surface area contributed by atoms with E-state index in [9.17, 15) is 9.66 Å². The average Bonchev–Trinajstić information content (AvgIpc) is 2.96. The van der Waals surface area contributed by atoms with Gasteiger partial charge in [-0.15, -0.1) is 0 Å². The molecule has 1 atom stereocenters. The summed E-state index contributed by atoms with van der Waals surface area (Å²) in [7, 11) is 0. The number of hydrogen-bond donors (Lipinski definition) is 3. The van der Waals surface area contributed by atoms with Gasteiger partial charge >= 0.3 is 0 Å². The Labute approximate surface area is 131 Å². The van der Waals surface area contributed by atoms with Crippen LogP contribution in [0.4, 0.5) is 5.69 Å². The van der Waals surface area contributed by atoms with Gasteiger partial charge in [0.05, 0.1) is 17.0 Å². The standard InChI is InChI=1S/C16H17N3O2S/c1-3-22(21)19-11-4-5-15(20)14(9-11)13-8-10(2)18-16-12(13)6-7-17-16/h4-9,19-20H,3H2,1-2H3,(H,17,18). The molecule has 0 amide bonds. The number of aromatic hydroxyl groups is 1. The van der Waals surface area contributed by atoms with E-state index in [1.54, 1.807) is 12.1 Å². The molecule has 0 aliphatic carbocycles. The number of aryl methyl sites for hydroxylation is 1. The number of hydrogen-bond acceptors (Lipinski definition) is 4. The predicted molar refractivity (Wildman–Crippen MR) is 90.2 cm³/mol. The van der Waals surface area contributed by atoms with Crippen molar-refractivity contribution >= 4 is 28.1 Å². The number of nitrogens with one attached hydrogen (secondary N) is 2. The van der Waals surface area contributed by atoms with Crippen molar-refractivity contribution in [3.8, 4) is 16.9 Å². The van der Waals surface area contributed by atoms with Gasteiger partial charge in [0, 0.05) is 22.8 Å². The number of phenolic OH excluding ortho intramolecular Hbond substituents is 1. The molecule has 2 heterocycles. The average molecular weight is 315 g/mol. The molecule has 0 radical (unpaired) electrons. The molecule has 2 aromatic heterocycles. The van der Waals surface area contributed by atoms with E-state index in [4.69, 9.17) is 0 Å². The van der Waals surface area contributed by atoms with Crippen molar-refractivity contribution in [2.45, 2.75) is 13.8 Å². The molecule has 0 aliphatic rings. The SMILES string of the molecule is CC[S+]([O-])Nc1ccc(O)c(-c2cc(C)nc3[nH]ccc23)c1. The molecule has 3 N–H and O–H groups in total. The first-order valence-electron chi connectivity index (χ1n) is 7.01. The van der Waals surface area contributed by atoms with Crippen molar-refractivity contribution < 1.29 is 9.66 Å². The molecule has 0 fully saturated rings. The molecule has 5 nitrogen and oxygen atoms in total. The van der Waals surface area contributed by atoms with Crippen LogP contribution in [0.25, 0.3) is 22.2 Å². The van der Waals surface area contributed by atoms with Crippen LogP contribution in [0.5, 0.6) is 5.75 Å². The van der Waals surface area contributed by atoms with E-state index in [0.29, 0.717) is 17.0 Å². The Morgan fingerprint density at radius 1 is 1.27 bits per heavy atom. The Morgan fingerprint density at radius 2 is 2.09 bits per heavy atom. The van der Waals surface area contributed by atoms with Crippen LogP contribution >= 0.6 is 0 Å². The summed E-state index contributed by atoms with van der Waals surface area (Å²) < 4.78 is 14.6. The van der Waals surface area contributed by atoms with Crippen LogP contribution in [0.1, 0.15) is 12.6 Å². The normalized spacial score (nSPS) is 12.5. The second-order valence-corrected chi connectivity index (χ2v) is 6.49. The number of anilines is 1. The van der Waals surface area contributed by atoms with Gasteiger partial charge in [-0.2, -0.15) is 0 Å². The van der Waals surface area contributed by atoms with Crippen molar-refractivity contribution in [3.05, 3.63) is 42.2 Å². The smallest absolute Gasteiger partial charge is 0.138 e. The van der Waals surface area contributed by atoms with E-state index in [2.05, 4.69) is 14.7 Å². The number of aromatic nitrogens is 2. The Bertz CT molecular complexity index is 816. The van der Waals surface area contributed by atoms with Crippen LogP contribution in [0, 0.1) is 6.92 Å². The summed E-state index contributed by atoms with van der Waals surface area (Å²) in [5, 5.41) is 11.2. The van der Waals surface area contributed by atoms with E-state index in [0.717, 1.165) is 22.3 Å². The van der Waals surface area contributed by atoms with Crippen molar-refractivity contribution in [3.63, 3.8) is 0 Å². The maximum absolute atomic E-state index is 11.7. The largest absolute Gasteiger partial charge is 0.593 e. The molecule has 0 saturated heterocycles. The molecular weight excluding hydrogens is 298 g/mol. The van der Waals surface area contributed by atoms with Crippen LogP contribution < -0.4 is 4.72 Å². The van der Waals surface area contributed by atoms with Crippen LogP contribution in [0.15, 0.2) is 36.5 Å². The van der Waals surface area contributed by atoms with E-state index in [-0.39, 0.29) is 5.75 Å². The van der Waals surface area contributed by atoms with Crippen molar-refractivity contribution in [1.82, 2.24) is 9.97 Å². The number of nitrogens with zero attached hydrogens (tertiary/aromatic N) is 1. The van der Waals surface area contributed by atoms with Gasteiger partial charge in [0.2, 0.25) is 0 Å². The van der Waals surface area contributed by atoms with E-state index >= 15 is 0 Å². The van der Waals surface area contributed by atoms with Crippen LogP contribution in [0.2, 0.25) is 0 Å². The third kappa shape index (κ3) is 2.75. The summed E-state index contributed by atoms with van der Waals surface area (Å²) in [5.41, 5.74) is 3.94. The number of phenols is 1. The zero-order valence-corrected chi connectivity index (χ0v) is 13.2. The molecule has 1 aromatic carbocycles. The fraction of sp³-hybridized carbons (Fsp3) is 0.188. The first-order valence-corrected chi connectivity index (χ1v) is 8.33. The molecule has 0 bridgehead atoms. The molecule has 6 heteroatoms. The summed E-state index contributed by atoms with van der Waals surface area (Å²) in [6.07, 6.45) is 1.83. The highest BCUT2D eigenvalue weighted by atomic mass is 32.2. The fourth-order valence-corrected chi connectivity index (χ4v) is 2.94. The molecule has 3 aromatic rings. The summed E-state index contributed by atoms with van der Waals surface area (Å²) in [5.74, 6) is 0.702. The highest BCUT2D eigenvalue weighted by Gasteiger charge is 2.13. The number of rotatable bonds is 4. The molecule has 3 rings (SSSR count). The number of benzene rings is 1. The van der Waals surface area contributed by atoms with E-state index < -0.39 is 11.4 Å². The highest BCUT2D eigenvalue weighted by Crippen LogP contribution is 2.36. The summed E-state index contributed by atoms with van der Waals surface area (Å²) in [6.45, 7) is 3.76. The van der Waals surface area contributed by atoms with Crippen LogP contribution in [0.3, 0.4) is 0 Å². The molecule has 0 spiro atoms. The topological polar surface area (TPSA) is 84.0 Å². The first kappa shape index (κ1) is 14.7. The van der Waals surface area contributed by atoms with Crippen molar-refractivity contribution in [2.75, 3.05) is 10.5 Å². The summed E-state index contributed by atoms with van der Waals surface area (Å²) in [6, 6.07) is 9.00. The summed E-state index contributed by atoms with van der Waals surface area (Å²) in [4.78, 5) is 7.52. The number of aromatic amines is 1. The lowest BCUT2D eigenvalue weighted by Crippen LogP contribution is -2.14. The minimum Gasteiger partial charge on any atom is -0.593 e. The number of H-pyrrole nitrogens is 1. The van der Waals surface area contributed by atoms with Crippen LogP contribution in [-0.2, 0) is 11.4 Å². The Morgan fingerprint density at radius 3 is 2.86 bits per heavy atom. The lowest BCUT2D eigenvalue weighted by molar-refractivity contribution is 0.477. The molecule has 22 heavy (non-hydrogen) atoms. The Kier molecular flexibility index (Phi) is 3.96. The monoisotopic (exact) mass is 315 g/mol. The third-order valence-corrected chi connectivity index (χ3v) is 4.43. The van der Waals surface area contributed by atoms with Gasteiger partial charge in [0.15, 0.2) is 0 Å². The van der Waals surface area contributed by atoms with Gasteiger partial charge in [0.1, 0.15) is 17.1 Å². The zero-order valence-electron chi connectivity index (χ0n) is 12.4. The van der Waals surface area contributed by atoms with E-state index in [1.807, 2.05) is 38.2 Å². The van der Waals surface area contributed by atoms with Gasteiger partial charge in [-0.1, -0.05) is 0 Å². The molecule has 0 saturated carbocycles. The zero-order chi connectivity index (χ0) is 15.7. The predicted octanol–water partition coefficient (Wildman–Crippen LogP) is 3.34. The highest BCUT2D eigenvalue weighted by molar-refractivity contribution is 7.92. The molecular formula is C16H17N3O2S. The lowest BCUT2D eigenvalue weighted by atomic mass is 10.0. The van der Waals surface area contributed by atoms with Gasteiger partial charge in [-0.25, -0.2) is 9.71 Å². The lowest BCUT2D eigenvalue weighted by Gasteiger charge is -2.13. The van der Waals surface area contributed by atoms with Gasteiger partial charge in [-0.05, 0) is 49.7 Å². The van der Waals surface area contributed by atoms with Crippen molar-refractivity contribution in [1.29, 1.82) is 0 Å². The Hall–Kier alpha value is -2.18. The Balaban J connectivity index is 2.13. The van der Waals surface area contributed by atoms with Gasteiger partial charge in [-0.3, -0.25) is 0 Å². The van der Waals surface area contributed by atoms with Crippen LogP contribution in [-0.4, -0.2) is 25.4 Å². The quantitative estimate of drug-likeness (QED) is 0.509. The van der Waals surface area contributed by atoms with Crippen molar-refractivity contribution in [2.24, 2.45) is 0 Å². The maximum Gasteiger partial charge on any atom is 0.138 e. The number of fused-ring (bicyclic) bond motifs is 1. The maximum atomic E-state index is 11.7. The van der Waals surface area contributed by atoms with E-state index in [1.165, 1.54) is 0 Å². The van der Waals surface area contributed by atoms with Gasteiger partial charge in [0.25, 0.3) is 0 Å². The first-order chi connectivity index (χ1) is 10.6. The number of pyridine rings is 1. The molecule has 114 valence electrons. The fourth-order valence-electron chi connectivity index (χ4n) is 2.41. The molecule has 1 unspecified atom stereocenters.